The van der Waals surface area contributed by atoms with Crippen molar-refractivity contribution in [1.82, 2.24) is 0 Å². The van der Waals surface area contributed by atoms with Crippen LogP contribution in [-0.4, -0.2) is 26.4 Å². The average Bonchev–Trinajstić information content (AvgIpc) is 1.96. The summed E-state index contributed by atoms with van der Waals surface area (Å²) in [7, 11) is 0. The van der Waals surface area contributed by atoms with Crippen LogP contribution in [0, 0.1) is 10.1 Å². The summed E-state index contributed by atoms with van der Waals surface area (Å²) in [6.07, 6.45) is -1.11. The van der Waals surface area contributed by atoms with Gasteiger partial charge in [-0.25, -0.2) is 0 Å². The third-order valence-electron chi connectivity index (χ3n) is 1.12. The van der Waals surface area contributed by atoms with Crippen molar-refractivity contribution in [1.29, 1.82) is 0 Å². The fraction of sp³-hybridized carbons (Fsp3) is 1.00. The van der Waals surface area contributed by atoms with Crippen LogP contribution in [0.5, 0.6) is 0 Å². The highest BCUT2D eigenvalue weighted by Crippen LogP contribution is 2.36. The molecule has 0 aromatic carbocycles. The van der Waals surface area contributed by atoms with Crippen molar-refractivity contribution >= 4 is 50.7 Å². The Hall–Kier alpha value is 0.710. The van der Waals surface area contributed by atoms with E-state index in [1.807, 2.05) is 0 Å². The molecular formula is C5H7BrCl3NO3. The molecule has 2 atom stereocenters. The van der Waals surface area contributed by atoms with Crippen LogP contribution in [0.2, 0.25) is 0 Å². The van der Waals surface area contributed by atoms with Crippen molar-refractivity contribution in [2.24, 2.45) is 0 Å². The van der Waals surface area contributed by atoms with Crippen molar-refractivity contribution in [2.45, 2.75) is 21.8 Å². The molecule has 0 bridgehead atoms. The first-order valence-corrected chi connectivity index (χ1v) is 5.31. The first-order chi connectivity index (χ1) is 5.80. The molecule has 0 aromatic rings. The Bertz CT molecular complexity index is 186. The van der Waals surface area contributed by atoms with E-state index in [0.717, 1.165) is 0 Å². The monoisotopic (exact) mass is 313 g/mol. The number of halogens is 4. The summed E-state index contributed by atoms with van der Waals surface area (Å²) < 4.78 is 3.12. The van der Waals surface area contributed by atoms with Gasteiger partial charge in [0.2, 0.25) is 3.79 Å². The molecule has 0 radical (unpaired) electrons. The molecule has 0 heterocycles. The highest BCUT2D eigenvalue weighted by molar-refractivity contribution is 9.09. The highest BCUT2D eigenvalue weighted by atomic mass is 79.9. The van der Waals surface area contributed by atoms with Gasteiger partial charge in [-0.1, -0.05) is 34.8 Å². The van der Waals surface area contributed by atoms with Gasteiger partial charge in [0, 0.05) is 11.5 Å². The van der Waals surface area contributed by atoms with E-state index in [-0.39, 0.29) is 6.61 Å². The fourth-order valence-corrected chi connectivity index (χ4v) is 2.17. The summed E-state index contributed by atoms with van der Waals surface area (Å²) in [5.74, 6) is 0. The Morgan fingerprint density at radius 1 is 1.62 bits per heavy atom. The predicted molar refractivity (Wildman–Crippen MR) is 55.4 cm³/mol. The molecule has 0 saturated heterocycles. The second-order valence-corrected chi connectivity index (χ2v) is 5.38. The van der Waals surface area contributed by atoms with Crippen molar-refractivity contribution in [3.63, 3.8) is 0 Å². The molecule has 0 rings (SSSR count). The molecule has 0 saturated carbocycles. The van der Waals surface area contributed by atoms with Gasteiger partial charge in [-0.2, -0.15) is 0 Å². The second-order valence-electron chi connectivity index (χ2n) is 2.08. The van der Waals surface area contributed by atoms with E-state index in [1.165, 1.54) is 0 Å². The highest BCUT2D eigenvalue weighted by Gasteiger charge is 2.44. The molecule has 2 unspecified atom stereocenters. The fourth-order valence-electron chi connectivity index (χ4n) is 0.620. The first-order valence-electron chi connectivity index (χ1n) is 3.26. The van der Waals surface area contributed by atoms with Crippen LogP contribution in [-0.2, 0) is 4.74 Å². The van der Waals surface area contributed by atoms with Crippen molar-refractivity contribution in [2.75, 3.05) is 6.61 Å². The quantitative estimate of drug-likeness (QED) is 0.347. The summed E-state index contributed by atoms with van der Waals surface area (Å²) in [5, 5.41) is 10.4. The molecule has 0 aliphatic heterocycles. The molecule has 0 aliphatic rings. The van der Waals surface area contributed by atoms with Gasteiger partial charge >= 0.3 is 0 Å². The van der Waals surface area contributed by atoms with Gasteiger partial charge in [-0.05, 0) is 22.9 Å². The van der Waals surface area contributed by atoms with Gasteiger partial charge in [0.25, 0.3) is 4.95 Å². The van der Waals surface area contributed by atoms with Crippen LogP contribution in [0.1, 0.15) is 6.92 Å². The number of nitrogens with zero attached hydrogens (tertiary/aromatic N) is 1. The standard InChI is InChI=1S/C5H7BrCl3NO3/c1-2-13-3(5(7,8)9)4(6)10(11)12/h3-4H,2H2,1H3. The SMILES string of the molecule is CCOC(C(Br)[N+](=O)[O-])C(Cl)(Cl)Cl. The molecule has 0 N–H and O–H groups in total. The van der Waals surface area contributed by atoms with Crippen LogP contribution in [0.25, 0.3) is 0 Å². The van der Waals surface area contributed by atoms with Crippen LogP contribution < -0.4 is 0 Å². The molecule has 0 aliphatic carbocycles. The van der Waals surface area contributed by atoms with Crippen LogP contribution >= 0.6 is 50.7 Å². The van der Waals surface area contributed by atoms with Crippen molar-refractivity contribution in [3.05, 3.63) is 10.1 Å². The van der Waals surface area contributed by atoms with E-state index in [9.17, 15) is 10.1 Å². The Morgan fingerprint density at radius 3 is 2.31 bits per heavy atom. The third-order valence-corrected chi connectivity index (χ3v) is 2.58. The topological polar surface area (TPSA) is 52.4 Å². The lowest BCUT2D eigenvalue weighted by atomic mass is 10.4. The van der Waals surface area contributed by atoms with Crippen LogP contribution in [0.4, 0.5) is 0 Å². The molecule has 0 fully saturated rings. The van der Waals surface area contributed by atoms with Gasteiger partial charge in [0.1, 0.15) is 0 Å². The molecular weight excluding hydrogens is 308 g/mol. The maximum absolute atomic E-state index is 10.4. The van der Waals surface area contributed by atoms with E-state index in [1.54, 1.807) is 6.92 Å². The van der Waals surface area contributed by atoms with Gasteiger partial charge in [0.15, 0.2) is 6.10 Å². The van der Waals surface area contributed by atoms with Gasteiger partial charge in [-0.3, -0.25) is 10.1 Å². The van der Waals surface area contributed by atoms with Crippen LogP contribution in [0.15, 0.2) is 0 Å². The molecule has 78 valence electrons. The maximum atomic E-state index is 10.4. The van der Waals surface area contributed by atoms with E-state index in [0.29, 0.717) is 0 Å². The van der Waals surface area contributed by atoms with Crippen molar-refractivity contribution in [3.8, 4) is 0 Å². The number of ether oxygens (including phenoxy) is 1. The molecule has 8 heteroatoms. The number of nitro groups is 1. The zero-order valence-electron chi connectivity index (χ0n) is 6.55. The lowest BCUT2D eigenvalue weighted by Crippen LogP contribution is -2.41. The lowest BCUT2D eigenvalue weighted by molar-refractivity contribution is -0.504. The summed E-state index contributed by atoms with van der Waals surface area (Å²) in [6, 6.07) is 0. The molecule has 13 heavy (non-hydrogen) atoms. The maximum Gasteiger partial charge on any atom is 0.295 e. The smallest absolute Gasteiger partial charge is 0.295 e. The molecule has 4 nitrogen and oxygen atoms in total. The average molecular weight is 315 g/mol. The minimum Gasteiger partial charge on any atom is -0.366 e. The van der Waals surface area contributed by atoms with E-state index in [2.05, 4.69) is 15.9 Å². The van der Waals surface area contributed by atoms with Crippen molar-refractivity contribution < 1.29 is 9.66 Å². The number of rotatable bonds is 4. The van der Waals surface area contributed by atoms with Gasteiger partial charge in [-0.15, -0.1) is 0 Å². The third kappa shape index (κ3) is 4.65. The summed E-state index contributed by atoms with van der Waals surface area (Å²) in [4.78, 5) is 8.51. The normalized spacial score (nSPS) is 16.7. The largest absolute Gasteiger partial charge is 0.366 e. The lowest BCUT2D eigenvalue weighted by Gasteiger charge is -2.23. The Kier molecular flexibility index (Phi) is 5.86. The summed E-state index contributed by atoms with van der Waals surface area (Å²) >= 11 is 19.2. The number of alkyl halides is 4. The molecule has 0 amide bonds. The van der Waals surface area contributed by atoms with Crippen LogP contribution in [0.3, 0.4) is 0 Å². The Morgan fingerprint density at radius 2 is 2.08 bits per heavy atom. The first kappa shape index (κ1) is 13.7. The predicted octanol–water partition coefficient (Wildman–Crippen LogP) is 2.76. The van der Waals surface area contributed by atoms with Gasteiger partial charge < -0.3 is 4.74 Å². The number of hydrogen-bond donors (Lipinski definition) is 0. The molecule has 0 aromatic heterocycles. The summed E-state index contributed by atoms with van der Waals surface area (Å²) in [5.41, 5.74) is 0. The van der Waals surface area contributed by atoms with E-state index < -0.39 is 19.8 Å². The van der Waals surface area contributed by atoms with E-state index >= 15 is 0 Å². The zero-order valence-corrected chi connectivity index (χ0v) is 10.4. The minimum absolute atomic E-state index is 0.231. The summed E-state index contributed by atoms with van der Waals surface area (Å²) in [6.45, 7) is 1.89. The Labute approximate surface area is 98.7 Å². The van der Waals surface area contributed by atoms with E-state index in [4.69, 9.17) is 39.5 Å². The zero-order chi connectivity index (χ0) is 10.6. The van der Waals surface area contributed by atoms with Gasteiger partial charge in [0.05, 0.1) is 0 Å². The second kappa shape index (κ2) is 5.56. The minimum atomic E-state index is -1.82. The number of hydrogen-bond acceptors (Lipinski definition) is 3. The Balaban J connectivity index is 4.51. The molecule has 0 spiro atoms.